The van der Waals surface area contributed by atoms with Gasteiger partial charge in [-0.3, -0.25) is 0 Å². The Hall–Kier alpha value is -1.06. The Morgan fingerprint density at radius 2 is 2.17 bits per heavy atom. The van der Waals surface area contributed by atoms with Crippen LogP contribution in [0.5, 0.6) is 0 Å². The third-order valence-electron chi connectivity index (χ3n) is 1.23. The monoisotopic (exact) mass is 172 g/mol. The molecule has 0 spiro atoms. The van der Waals surface area contributed by atoms with Gasteiger partial charge in [0.25, 0.3) is 0 Å². The van der Waals surface area contributed by atoms with Gasteiger partial charge in [0.15, 0.2) is 0 Å². The van der Waals surface area contributed by atoms with Crippen LogP contribution in [0, 0.1) is 5.92 Å². The van der Waals surface area contributed by atoms with E-state index in [2.05, 4.69) is 29.1 Å². The van der Waals surface area contributed by atoms with Gasteiger partial charge >= 0.3 is 6.09 Å². The summed E-state index contributed by atoms with van der Waals surface area (Å²) in [6.07, 6.45) is 0.349. The summed E-state index contributed by atoms with van der Waals surface area (Å²) in [6, 6.07) is 0. The third-order valence-corrected chi connectivity index (χ3v) is 1.23. The predicted molar refractivity (Wildman–Crippen MR) is 48.1 cm³/mol. The van der Waals surface area contributed by atoms with E-state index in [0.29, 0.717) is 5.92 Å². The fourth-order valence-electron chi connectivity index (χ4n) is 0.823. The van der Waals surface area contributed by atoms with E-state index < -0.39 is 6.09 Å². The summed E-state index contributed by atoms with van der Waals surface area (Å²) in [7, 11) is 1.31. The summed E-state index contributed by atoms with van der Waals surface area (Å²) < 4.78 is 4.35. The summed E-state index contributed by atoms with van der Waals surface area (Å²) in [5.41, 5.74) is 3.16. The number of hydrogen-bond donors (Lipinski definition) is 1. The molecule has 0 aromatic rings. The van der Waals surface area contributed by atoms with Crippen molar-refractivity contribution in [2.75, 3.05) is 7.11 Å². The minimum absolute atomic E-state index is 0.530. The lowest BCUT2D eigenvalue weighted by molar-refractivity contribution is 0.171. The molecule has 1 amide bonds. The SMILES string of the molecule is COC(=O)NN=C(C)CC(C)C. The number of rotatable bonds is 3. The fraction of sp³-hybridized carbons (Fsp3) is 0.750. The van der Waals surface area contributed by atoms with Crippen molar-refractivity contribution in [3.05, 3.63) is 0 Å². The van der Waals surface area contributed by atoms with E-state index >= 15 is 0 Å². The molecule has 0 atom stereocenters. The van der Waals surface area contributed by atoms with Crippen LogP contribution in [-0.4, -0.2) is 18.9 Å². The molecule has 0 saturated carbocycles. The van der Waals surface area contributed by atoms with Gasteiger partial charge in [-0.05, 0) is 19.3 Å². The van der Waals surface area contributed by atoms with Crippen molar-refractivity contribution in [1.29, 1.82) is 0 Å². The Morgan fingerprint density at radius 1 is 1.58 bits per heavy atom. The topological polar surface area (TPSA) is 50.7 Å². The number of amides is 1. The number of carbonyl (C=O) groups excluding carboxylic acids is 1. The van der Waals surface area contributed by atoms with Crippen molar-refractivity contribution < 1.29 is 9.53 Å². The van der Waals surface area contributed by atoms with E-state index in [1.54, 1.807) is 0 Å². The molecule has 0 fully saturated rings. The van der Waals surface area contributed by atoms with Crippen LogP contribution in [0.2, 0.25) is 0 Å². The Kier molecular flexibility index (Phi) is 5.08. The molecule has 70 valence electrons. The predicted octanol–water partition coefficient (Wildman–Crippen LogP) is 1.76. The summed E-state index contributed by atoms with van der Waals surface area (Å²) in [5, 5.41) is 3.83. The van der Waals surface area contributed by atoms with Crippen LogP contribution in [0.3, 0.4) is 0 Å². The number of ether oxygens (including phenoxy) is 1. The van der Waals surface area contributed by atoms with Gasteiger partial charge in [0.1, 0.15) is 0 Å². The number of nitrogens with zero attached hydrogens (tertiary/aromatic N) is 1. The van der Waals surface area contributed by atoms with Crippen LogP contribution in [0.1, 0.15) is 27.2 Å². The summed E-state index contributed by atoms with van der Waals surface area (Å²) in [4.78, 5) is 10.6. The highest BCUT2D eigenvalue weighted by Crippen LogP contribution is 2.00. The smallest absolute Gasteiger partial charge is 0.427 e. The molecular weight excluding hydrogens is 156 g/mol. The van der Waals surface area contributed by atoms with E-state index in [-0.39, 0.29) is 0 Å². The van der Waals surface area contributed by atoms with Crippen LogP contribution >= 0.6 is 0 Å². The maximum absolute atomic E-state index is 10.6. The Bertz CT molecular complexity index is 176. The van der Waals surface area contributed by atoms with Gasteiger partial charge in [-0.2, -0.15) is 5.10 Å². The van der Waals surface area contributed by atoms with Crippen LogP contribution in [0.15, 0.2) is 5.10 Å². The lowest BCUT2D eigenvalue weighted by Crippen LogP contribution is -2.18. The normalized spacial score (nSPS) is 11.6. The first-order valence-electron chi connectivity index (χ1n) is 3.93. The molecule has 0 bridgehead atoms. The van der Waals surface area contributed by atoms with Crippen LogP contribution in [-0.2, 0) is 4.74 Å². The minimum atomic E-state index is -0.530. The molecule has 0 rings (SSSR count). The summed E-state index contributed by atoms with van der Waals surface area (Å²) in [6.45, 7) is 6.06. The maximum atomic E-state index is 10.6. The Morgan fingerprint density at radius 3 is 2.58 bits per heavy atom. The molecule has 4 nitrogen and oxygen atoms in total. The molecular formula is C8H16N2O2. The Balaban J connectivity index is 3.76. The first-order valence-corrected chi connectivity index (χ1v) is 3.93. The van der Waals surface area contributed by atoms with Crippen molar-refractivity contribution in [2.24, 2.45) is 11.0 Å². The Labute approximate surface area is 73.0 Å². The zero-order chi connectivity index (χ0) is 9.56. The molecule has 0 heterocycles. The number of nitrogens with one attached hydrogen (secondary N) is 1. The highest BCUT2D eigenvalue weighted by atomic mass is 16.5. The molecule has 0 aliphatic rings. The number of hydrogen-bond acceptors (Lipinski definition) is 3. The maximum Gasteiger partial charge on any atom is 0.427 e. The molecule has 12 heavy (non-hydrogen) atoms. The standard InChI is InChI=1S/C8H16N2O2/c1-6(2)5-7(3)9-10-8(11)12-4/h6H,5H2,1-4H3,(H,10,11). The first-order chi connectivity index (χ1) is 5.56. The highest BCUT2D eigenvalue weighted by molar-refractivity contribution is 5.83. The second kappa shape index (κ2) is 5.57. The molecule has 1 N–H and O–H groups in total. The van der Waals surface area contributed by atoms with Crippen molar-refractivity contribution in [2.45, 2.75) is 27.2 Å². The van der Waals surface area contributed by atoms with Gasteiger partial charge in [-0.25, -0.2) is 10.2 Å². The second-order valence-corrected chi connectivity index (χ2v) is 3.05. The lowest BCUT2D eigenvalue weighted by atomic mass is 10.1. The minimum Gasteiger partial charge on any atom is -0.452 e. The van der Waals surface area contributed by atoms with Gasteiger partial charge in [0, 0.05) is 5.71 Å². The molecule has 0 aromatic carbocycles. The largest absolute Gasteiger partial charge is 0.452 e. The highest BCUT2D eigenvalue weighted by Gasteiger charge is 1.98. The lowest BCUT2D eigenvalue weighted by Gasteiger charge is -2.03. The van der Waals surface area contributed by atoms with E-state index in [4.69, 9.17) is 0 Å². The zero-order valence-corrected chi connectivity index (χ0v) is 8.05. The van der Waals surface area contributed by atoms with Gasteiger partial charge in [-0.15, -0.1) is 0 Å². The van der Waals surface area contributed by atoms with Crippen molar-refractivity contribution >= 4 is 11.8 Å². The third kappa shape index (κ3) is 5.70. The van der Waals surface area contributed by atoms with Crippen molar-refractivity contribution in [3.8, 4) is 0 Å². The van der Waals surface area contributed by atoms with Crippen molar-refractivity contribution in [3.63, 3.8) is 0 Å². The first kappa shape index (κ1) is 10.9. The van der Waals surface area contributed by atoms with Crippen LogP contribution in [0.25, 0.3) is 0 Å². The molecule has 0 aromatic heterocycles. The molecule has 0 saturated heterocycles. The molecule has 0 unspecified atom stereocenters. The summed E-state index contributed by atoms with van der Waals surface area (Å²) in [5.74, 6) is 0.549. The molecule has 0 aliphatic heterocycles. The molecule has 0 aliphatic carbocycles. The van der Waals surface area contributed by atoms with Crippen LogP contribution < -0.4 is 5.43 Å². The van der Waals surface area contributed by atoms with Crippen LogP contribution in [0.4, 0.5) is 4.79 Å². The summed E-state index contributed by atoms with van der Waals surface area (Å²) >= 11 is 0. The van der Waals surface area contributed by atoms with Crippen molar-refractivity contribution in [1.82, 2.24) is 5.43 Å². The number of methoxy groups -OCH3 is 1. The second-order valence-electron chi connectivity index (χ2n) is 3.05. The van der Waals surface area contributed by atoms with E-state index in [9.17, 15) is 4.79 Å². The van der Waals surface area contributed by atoms with Gasteiger partial charge in [0.05, 0.1) is 7.11 Å². The zero-order valence-electron chi connectivity index (χ0n) is 8.05. The van der Waals surface area contributed by atoms with Gasteiger partial charge in [0.2, 0.25) is 0 Å². The fourth-order valence-corrected chi connectivity index (χ4v) is 0.823. The van der Waals surface area contributed by atoms with Gasteiger partial charge < -0.3 is 4.74 Å². The number of hydrazone groups is 1. The number of carbonyl (C=O) groups is 1. The average Bonchev–Trinajstić information content (AvgIpc) is 1.99. The molecule has 0 radical (unpaired) electrons. The quantitative estimate of drug-likeness (QED) is 0.521. The average molecular weight is 172 g/mol. The van der Waals surface area contributed by atoms with E-state index in [1.807, 2.05) is 6.92 Å². The molecule has 4 heteroatoms. The van der Waals surface area contributed by atoms with Gasteiger partial charge in [-0.1, -0.05) is 13.8 Å². The van der Waals surface area contributed by atoms with E-state index in [0.717, 1.165) is 12.1 Å². The van der Waals surface area contributed by atoms with E-state index in [1.165, 1.54) is 7.11 Å².